The third kappa shape index (κ3) is 1.83. The van der Waals surface area contributed by atoms with Gasteiger partial charge in [-0.05, 0) is 24.3 Å². The summed E-state index contributed by atoms with van der Waals surface area (Å²) in [5, 5.41) is 6.14. The van der Waals surface area contributed by atoms with E-state index in [1.807, 2.05) is 5.38 Å². The van der Waals surface area contributed by atoms with E-state index in [9.17, 15) is 4.79 Å². The van der Waals surface area contributed by atoms with Gasteiger partial charge in [-0.25, -0.2) is 4.79 Å². The summed E-state index contributed by atoms with van der Waals surface area (Å²) in [6, 6.07) is 2.36. The molecule has 0 aliphatic heterocycles. The Bertz CT molecular complexity index is 317. The molecule has 1 fully saturated rings. The van der Waals surface area contributed by atoms with Crippen LogP contribution in [0.1, 0.15) is 23.2 Å². The molecule has 0 atom stereocenters. The minimum Gasteiger partial charge on any atom is -0.465 e. The molecule has 1 N–H and O–H groups in total. The van der Waals surface area contributed by atoms with Crippen LogP contribution in [0.25, 0.3) is 0 Å². The van der Waals surface area contributed by atoms with Crippen molar-refractivity contribution in [2.75, 3.05) is 12.4 Å². The van der Waals surface area contributed by atoms with Crippen molar-refractivity contribution in [1.82, 2.24) is 0 Å². The number of carbonyl (C=O) groups excluding carboxylic acids is 1. The van der Waals surface area contributed by atoms with Crippen LogP contribution in [-0.4, -0.2) is 19.1 Å². The smallest absolute Gasteiger partial charge is 0.340 e. The van der Waals surface area contributed by atoms with Crippen LogP contribution in [0.2, 0.25) is 0 Å². The van der Waals surface area contributed by atoms with E-state index in [1.54, 1.807) is 17.4 Å². The quantitative estimate of drug-likeness (QED) is 0.754. The number of rotatable bonds is 3. The van der Waals surface area contributed by atoms with Gasteiger partial charge in [-0.3, -0.25) is 0 Å². The topological polar surface area (TPSA) is 38.3 Å². The van der Waals surface area contributed by atoms with Crippen molar-refractivity contribution >= 4 is 22.3 Å². The van der Waals surface area contributed by atoms with Crippen molar-refractivity contribution < 1.29 is 9.53 Å². The third-order valence-electron chi connectivity index (χ3n) is 1.98. The van der Waals surface area contributed by atoms with Crippen LogP contribution in [0.5, 0.6) is 0 Å². The highest BCUT2D eigenvalue weighted by atomic mass is 32.1. The van der Waals surface area contributed by atoms with Crippen LogP contribution < -0.4 is 5.32 Å². The fraction of sp³-hybridized carbons (Fsp3) is 0.444. The second-order valence-electron chi connectivity index (χ2n) is 3.07. The van der Waals surface area contributed by atoms with Gasteiger partial charge in [0.1, 0.15) is 5.00 Å². The van der Waals surface area contributed by atoms with E-state index >= 15 is 0 Å². The lowest BCUT2D eigenvalue weighted by Gasteiger charge is -2.03. The number of nitrogens with one attached hydrogen (secondary N) is 1. The molecule has 3 nitrogen and oxygen atoms in total. The van der Waals surface area contributed by atoms with E-state index in [4.69, 9.17) is 0 Å². The average Bonchev–Trinajstić information content (AvgIpc) is 2.82. The van der Waals surface area contributed by atoms with E-state index in [-0.39, 0.29) is 5.97 Å². The largest absolute Gasteiger partial charge is 0.465 e. The number of anilines is 1. The second kappa shape index (κ2) is 3.38. The van der Waals surface area contributed by atoms with Gasteiger partial charge in [0.15, 0.2) is 0 Å². The van der Waals surface area contributed by atoms with Gasteiger partial charge < -0.3 is 10.1 Å². The summed E-state index contributed by atoms with van der Waals surface area (Å²) >= 11 is 1.55. The summed E-state index contributed by atoms with van der Waals surface area (Å²) in [5.41, 5.74) is 0.652. The van der Waals surface area contributed by atoms with E-state index in [0.717, 1.165) is 5.00 Å². The molecule has 1 saturated carbocycles. The van der Waals surface area contributed by atoms with E-state index in [2.05, 4.69) is 10.1 Å². The Hall–Kier alpha value is -1.03. The van der Waals surface area contributed by atoms with Crippen LogP contribution in [0.4, 0.5) is 5.00 Å². The number of methoxy groups -OCH3 is 1. The van der Waals surface area contributed by atoms with Gasteiger partial charge >= 0.3 is 5.97 Å². The monoisotopic (exact) mass is 197 g/mol. The van der Waals surface area contributed by atoms with Crippen LogP contribution >= 0.6 is 11.3 Å². The molecule has 1 aromatic rings. The molecular weight excluding hydrogens is 186 g/mol. The first-order valence-electron chi connectivity index (χ1n) is 4.23. The number of hydrogen-bond acceptors (Lipinski definition) is 4. The molecule has 0 bridgehead atoms. The Balaban J connectivity index is 2.14. The predicted octanol–water partition coefficient (Wildman–Crippen LogP) is 2.11. The van der Waals surface area contributed by atoms with Crippen LogP contribution in [0.3, 0.4) is 0 Å². The number of hydrogen-bond donors (Lipinski definition) is 1. The first-order valence-corrected chi connectivity index (χ1v) is 5.11. The number of carbonyl (C=O) groups is 1. The molecule has 0 radical (unpaired) electrons. The minimum atomic E-state index is -0.260. The molecule has 13 heavy (non-hydrogen) atoms. The maximum atomic E-state index is 11.2. The zero-order valence-corrected chi connectivity index (χ0v) is 8.19. The summed E-state index contributed by atoms with van der Waals surface area (Å²) in [5.74, 6) is -0.260. The molecule has 1 aliphatic carbocycles. The lowest BCUT2D eigenvalue weighted by atomic mass is 10.3. The molecule has 0 saturated heterocycles. The molecule has 2 rings (SSSR count). The molecule has 0 spiro atoms. The number of thiophene rings is 1. The molecule has 1 heterocycles. The highest BCUT2D eigenvalue weighted by Gasteiger charge is 2.23. The molecule has 0 aromatic carbocycles. The average molecular weight is 197 g/mol. The third-order valence-corrected chi connectivity index (χ3v) is 2.83. The SMILES string of the molecule is COC(=O)c1ccsc1NC1CC1. The second-order valence-corrected chi connectivity index (χ2v) is 3.99. The minimum absolute atomic E-state index is 0.260. The van der Waals surface area contributed by atoms with Crippen molar-refractivity contribution in [3.63, 3.8) is 0 Å². The Morgan fingerprint density at radius 1 is 1.69 bits per heavy atom. The fourth-order valence-corrected chi connectivity index (χ4v) is 1.96. The van der Waals surface area contributed by atoms with Gasteiger partial charge in [0.05, 0.1) is 12.7 Å². The maximum Gasteiger partial charge on any atom is 0.340 e. The Morgan fingerprint density at radius 2 is 2.46 bits per heavy atom. The van der Waals surface area contributed by atoms with Crippen LogP contribution in [-0.2, 0) is 4.74 Å². The first-order chi connectivity index (χ1) is 6.31. The summed E-state index contributed by atoms with van der Waals surface area (Å²) in [6.07, 6.45) is 2.41. The molecular formula is C9H11NO2S. The lowest BCUT2D eigenvalue weighted by molar-refractivity contribution is 0.0602. The highest BCUT2D eigenvalue weighted by molar-refractivity contribution is 7.14. The summed E-state index contributed by atoms with van der Waals surface area (Å²) < 4.78 is 4.66. The van der Waals surface area contributed by atoms with Gasteiger partial charge in [-0.15, -0.1) is 11.3 Å². The van der Waals surface area contributed by atoms with Crippen molar-refractivity contribution in [2.45, 2.75) is 18.9 Å². The maximum absolute atomic E-state index is 11.2. The van der Waals surface area contributed by atoms with Gasteiger partial charge in [0.2, 0.25) is 0 Å². The first kappa shape index (κ1) is 8.56. The van der Waals surface area contributed by atoms with Crippen LogP contribution in [0, 0.1) is 0 Å². The molecule has 70 valence electrons. The standard InChI is InChI=1S/C9H11NO2S/c1-12-9(11)7-4-5-13-8(7)10-6-2-3-6/h4-6,10H,2-3H2,1H3. The zero-order chi connectivity index (χ0) is 9.26. The van der Waals surface area contributed by atoms with Crippen LogP contribution in [0.15, 0.2) is 11.4 Å². The Morgan fingerprint density at radius 3 is 3.08 bits per heavy atom. The normalized spacial score (nSPS) is 15.5. The molecule has 0 unspecified atom stereocenters. The molecule has 1 aromatic heterocycles. The summed E-state index contributed by atoms with van der Waals surface area (Å²) in [6.45, 7) is 0. The van der Waals surface area contributed by atoms with Crippen molar-refractivity contribution in [1.29, 1.82) is 0 Å². The summed E-state index contributed by atoms with van der Waals surface area (Å²) in [4.78, 5) is 11.2. The van der Waals surface area contributed by atoms with Crippen molar-refractivity contribution in [3.8, 4) is 0 Å². The number of ether oxygens (including phenoxy) is 1. The Labute approximate surface area is 80.7 Å². The fourth-order valence-electron chi connectivity index (χ4n) is 1.10. The predicted molar refractivity (Wildman–Crippen MR) is 52.3 cm³/mol. The molecule has 4 heteroatoms. The van der Waals surface area contributed by atoms with E-state index in [1.165, 1.54) is 20.0 Å². The van der Waals surface area contributed by atoms with E-state index < -0.39 is 0 Å². The molecule has 1 aliphatic rings. The highest BCUT2D eigenvalue weighted by Crippen LogP contribution is 2.30. The zero-order valence-electron chi connectivity index (χ0n) is 7.37. The van der Waals surface area contributed by atoms with Crippen molar-refractivity contribution in [2.24, 2.45) is 0 Å². The lowest BCUT2D eigenvalue weighted by Crippen LogP contribution is -2.06. The molecule has 0 amide bonds. The number of esters is 1. The van der Waals surface area contributed by atoms with E-state index in [0.29, 0.717) is 11.6 Å². The van der Waals surface area contributed by atoms with Gasteiger partial charge in [-0.2, -0.15) is 0 Å². The Kier molecular flexibility index (Phi) is 2.22. The van der Waals surface area contributed by atoms with Gasteiger partial charge in [0, 0.05) is 6.04 Å². The van der Waals surface area contributed by atoms with Crippen molar-refractivity contribution in [3.05, 3.63) is 17.0 Å². The summed E-state index contributed by atoms with van der Waals surface area (Å²) in [7, 11) is 1.40. The van der Waals surface area contributed by atoms with Gasteiger partial charge in [-0.1, -0.05) is 0 Å². The van der Waals surface area contributed by atoms with Gasteiger partial charge in [0.25, 0.3) is 0 Å².